The van der Waals surface area contributed by atoms with Gasteiger partial charge in [-0.1, -0.05) is 37.3 Å². The summed E-state index contributed by atoms with van der Waals surface area (Å²) in [6, 6.07) is 4.69. The van der Waals surface area contributed by atoms with Crippen molar-refractivity contribution >= 4 is 19.7 Å². The molecule has 7 heteroatoms. The molecule has 1 heterocycles. The molecule has 1 N–H and O–H groups in total. The topological polar surface area (TPSA) is 50.9 Å². The van der Waals surface area contributed by atoms with E-state index in [0.29, 0.717) is 11.6 Å². The average Bonchev–Trinajstić information content (AvgIpc) is 2.78. The number of hydrogen-bond acceptors (Lipinski definition) is 3. The predicted octanol–water partition coefficient (Wildman–Crippen LogP) is 3.30. The van der Waals surface area contributed by atoms with Crippen LogP contribution < -0.4 is 0 Å². The van der Waals surface area contributed by atoms with Crippen molar-refractivity contribution < 1.29 is 9.50 Å². The first-order valence-corrected chi connectivity index (χ1v) is 10.8. The Balaban J connectivity index is 2.44. The Morgan fingerprint density at radius 2 is 2.10 bits per heavy atom. The molecule has 0 saturated heterocycles. The molecule has 1 aromatic carbocycles. The number of hydrogen-bond donors (Lipinski definition) is 1. The van der Waals surface area contributed by atoms with E-state index in [0.717, 1.165) is 0 Å². The molecular weight excluding hydrogens is 309 g/mol. The summed E-state index contributed by atoms with van der Waals surface area (Å²) in [5.74, 6) is -0.417. The molecule has 0 aliphatic rings. The van der Waals surface area contributed by atoms with E-state index < -0.39 is 19.5 Å². The van der Waals surface area contributed by atoms with Gasteiger partial charge in [-0.2, -0.15) is 5.10 Å². The molecule has 0 bridgehead atoms. The monoisotopic (exact) mass is 327 g/mol. The first-order chi connectivity index (χ1) is 9.70. The number of rotatable bonds is 5. The number of nitrogens with zero attached hydrogens (tertiary/aromatic N) is 3. The van der Waals surface area contributed by atoms with Crippen LogP contribution in [0.25, 0.3) is 0 Å². The molecule has 21 heavy (non-hydrogen) atoms. The Hall–Kier alpha value is -1.24. The number of aliphatic hydroxyl groups is 1. The summed E-state index contributed by atoms with van der Waals surface area (Å²) in [6.07, 6.45) is 2.97. The van der Waals surface area contributed by atoms with Crippen molar-refractivity contribution in [3.8, 4) is 0 Å². The molecule has 1 atom stereocenters. The maximum absolute atomic E-state index is 13.3. The lowest BCUT2D eigenvalue weighted by molar-refractivity contribution is 0.0332. The van der Waals surface area contributed by atoms with Crippen LogP contribution in [-0.4, -0.2) is 27.9 Å². The molecule has 0 spiro atoms. The third-order valence-electron chi connectivity index (χ3n) is 3.15. The van der Waals surface area contributed by atoms with Crippen molar-refractivity contribution in [2.75, 3.05) is 0 Å². The number of aromatic nitrogens is 3. The molecule has 1 unspecified atom stereocenters. The summed E-state index contributed by atoms with van der Waals surface area (Å²) in [4.78, 5) is 3.89. The van der Waals surface area contributed by atoms with E-state index >= 15 is 0 Å². The van der Waals surface area contributed by atoms with E-state index in [2.05, 4.69) is 29.7 Å². The van der Waals surface area contributed by atoms with Crippen molar-refractivity contribution in [1.82, 2.24) is 14.8 Å². The largest absolute Gasteiger partial charge is 0.383 e. The number of benzene rings is 1. The van der Waals surface area contributed by atoms with Crippen molar-refractivity contribution in [1.29, 1.82) is 0 Å². The highest BCUT2D eigenvalue weighted by Gasteiger charge is 2.37. The minimum absolute atomic E-state index is 0.232. The van der Waals surface area contributed by atoms with Crippen molar-refractivity contribution in [3.63, 3.8) is 0 Å². The van der Waals surface area contributed by atoms with E-state index in [1.54, 1.807) is 17.1 Å². The zero-order valence-electron chi connectivity index (χ0n) is 12.3. The minimum atomic E-state index is -1.61. The standard InChI is InChI=1S/C14H19ClFN3OSi/c1-21(2,3)8-14(20,7-19-10-17-9-18-19)12-5-4-11(16)6-13(12)15/h4-6,9-10,20H,7-8H2,1-3H3. The molecular formula is C14H19ClFN3OSi. The summed E-state index contributed by atoms with van der Waals surface area (Å²) in [5, 5.41) is 15.5. The zero-order chi connectivity index (χ0) is 15.7. The predicted molar refractivity (Wildman–Crippen MR) is 83.5 cm³/mol. The Morgan fingerprint density at radius 3 is 2.62 bits per heavy atom. The van der Waals surface area contributed by atoms with Crippen molar-refractivity contribution in [2.24, 2.45) is 0 Å². The minimum Gasteiger partial charge on any atom is -0.383 e. The second-order valence-electron chi connectivity index (χ2n) is 6.49. The maximum Gasteiger partial charge on any atom is 0.137 e. The van der Waals surface area contributed by atoms with Gasteiger partial charge < -0.3 is 5.11 Å². The molecule has 0 amide bonds. The van der Waals surface area contributed by atoms with Crippen LogP contribution in [0, 0.1) is 5.82 Å². The van der Waals surface area contributed by atoms with E-state index in [1.807, 2.05) is 0 Å². The van der Waals surface area contributed by atoms with Crippen molar-refractivity contribution in [3.05, 3.63) is 47.3 Å². The lowest BCUT2D eigenvalue weighted by atomic mass is 9.95. The molecule has 2 rings (SSSR count). The molecule has 0 aliphatic carbocycles. The van der Waals surface area contributed by atoms with Crippen LogP contribution in [0.3, 0.4) is 0 Å². The lowest BCUT2D eigenvalue weighted by Crippen LogP contribution is -2.39. The Bertz CT molecular complexity index is 615. The summed E-state index contributed by atoms with van der Waals surface area (Å²) in [7, 11) is -1.61. The third-order valence-corrected chi connectivity index (χ3v) is 5.10. The van der Waals surface area contributed by atoms with Crippen LogP contribution in [-0.2, 0) is 12.1 Å². The van der Waals surface area contributed by atoms with Crippen molar-refractivity contribution in [2.45, 2.75) is 37.8 Å². The molecule has 2 aromatic rings. The van der Waals surface area contributed by atoms with Gasteiger partial charge in [-0.3, -0.25) is 0 Å². The molecule has 0 saturated carbocycles. The Kier molecular flexibility index (Phi) is 4.51. The average molecular weight is 328 g/mol. The summed E-state index contributed by atoms with van der Waals surface area (Å²) < 4.78 is 14.8. The van der Waals surface area contributed by atoms with Gasteiger partial charge in [-0.15, -0.1) is 0 Å². The second kappa shape index (κ2) is 5.86. The first-order valence-electron chi connectivity index (χ1n) is 6.70. The summed E-state index contributed by atoms with van der Waals surface area (Å²) in [5.41, 5.74) is -0.661. The Morgan fingerprint density at radius 1 is 1.38 bits per heavy atom. The van der Waals surface area contributed by atoms with Crippen LogP contribution >= 0.6 is 11.6 Å². The fourth-order valence-corrected chi connectivity index (χ4v) is 4.96. The van der Waals surface area contributed by atoms with Gasteiger partial charge in [0.2, 0.25) is 0 Å². The SMILES string of the molecule is C[Si](C)(C)CC(O)(Cn1cncn1)c1ccc(F)cc1Cl. The Labute approximate surface area is 129 Å². The highest BCUT2D eigenvalue weighted by Crippen LogP contribution is 2.36. The highest BCUT2D eigenvalue weighted by molar-refractivity contribution is 6.76. The lowest BCUT2D eigenvalue weighted by Gasteiger charge is -2.34. The van der Waals surface area contributed by atoms with E-state index in [-0.39, 0.29) is 11.6 Å². The van der Waals surface area contributed by atoms with Gasteiger partial charge in [0.25, 0.3) is 0 Å². The fourth-order valence-electron chi connectivity index (χ4n) is 2.56. The maximum atomic E-state index is 13.3. The van der Waals surface area contributed by atoms with Crippen LogP contribution in [0.15, 0.2) is 30.9 Å². The van der Waals surface area contributed by atoms with Gasteiger partial charge in [0.1, 0.15) is 24.1 Å². The molecule has 0 aliphatic heterocycles. The van der Waals surface area contributed by atoms with E-state index in [4.69, 9.17) is 11.6 Å². The highest BCUT2D eigenvalue weighted by atomic mass is 35.5. The summed E-state index contributed by atoms with van der Waals surface area (Å²) >= 11 is 6.15. The van der Waals surface area contributed by atoms with Gasteiger partial charge in [-0.25, -0.2) is 14.1 Å². The van der Waals surface area contributed by atoms with Crippen LogP contribution in [0.5, 0.6) is 0 Å². The quantitative estimate of drug-likeness (QED) is 0.857. The van der Waals surface area contributed by atoms with Crippen LogP contribution in [0.2, 0.25) is 30.7 Å². The molecule has 4 nitrogen and oxygen atoms in total. The summed E-state index contributed by atoms with van der Waals surface area (Å²) in [6.45, 7) is 6.73. The molecule has 0 radical (unpaired) electrons. The molecule has 114 valence electrons. The second-order valence-corrected chi connectivity index (χ2v) is 12.4. The number of halogens is 2. The van der Waals surface area contributed by atoms with Crippen LogP contribution in [0.4, 0.5) is 4.39 Å². The van der Waals surface area contributed by atoms with Crippen LogP contribution in [0.1, 0.15) is 5.56 Å². The van der Waals surface area contributed by atoms with E-state index in [1.165, 1.54) is 18.5 Å². The fraction of sp³-hybridized carbons (Fsp3) is 0.429. The van der Waals surface area contributed by atoms with E-state index in [9.17, 15) is 9.50 Å². The van der Waals surface area contributed by atoms with Gasteiger partial charge >= 0.3 is 0 Å². The first kappa shape index (κ1) is 16.1. The molecule has 1 aromatic heterocycles. The smallest absolute Gasteiger partial charge is 0.137 e. The normalized spacial score (nSPS) is 15.0. The van der Waals surface area contributed by atoms with Gasteiger partial charge in [0.05, 0.1) is 6.54 Å². The third kappa shape index (κ3) is 4.12. The zero-order valence-corrected chi connectivity index (χ0v) is 14.1. The van der Waals surface area contributed by atoms with Gasteiger partial charge in [0, 0.05) is 18.7 Å². The van der Waals surface area contributed by atoms with Gasteiger partial charge in [-0.05, 0) is 18.2 Å². The molecule has 0 fully saturated rings. The van der Waals surface area contributed by atoms with Gasteiger partial charge in [0.15, 0.2) is 0 Å².